The summed E-state index contributed by atoms with van der Waals surface area (Å²) in [5.74, 6) is 0.0692. The van der Waals surface area contributed by atoms with Gasteiger partial charge in [-0.3, -0.25) is 9.59 Å². The van der Waals surface area contributed by atoms with Crippen LogP contribution < -0.4 is 10.6 Å². The lowest BCUT2D eigenvalue weighted by atomic mass is 10.2. The number of aromatic nitrogens is 3. The quantitative estimate of drug-likeness (QED) is 0.386. The molecule has 0 saturated heterocycles. The van der Waals surface area contributed by atoms with Gasteiger partial charge < -0.3 is 20.1 Å². The van der Waals surface area contributed by atoms with Crippen LogP contribution in [-0.4, -0.2) is 51.4 Å². The molecule has 2 aromatic heterocycles. The smallest absolute Gasteiger partial charge is 0.352 e. The van der Waals surface area contributed by atoms with Gasteiger partial charge >= 0.3 is 6.18 Å². The van der Waals surface area contributed by atoms with Gasteiger partial charge in [-0.1, -0.05) is 11.3 Å². The van der Waals surface area contributed by atoms with Crippen molar-refractivity contribution in [3.05, 3.63) is 47.5 Å². The third-order valence-corrected chi connectivity index (χ3v) is 6.54. The van der Waals surface area contributed by atoms with Gasteiger partial charge in [0.1, 0.15) is 0 Å². The molecular formula is C23H23F3N6O2S. The molecule has 2 amide bonds. The minimum absolute atomic E-state index is 0.0480. The van der Waals surface area contributed by atoms with E-state index in [1.165, 1.54) is 6.07 Å². The zero-order chi connectivity index (χ0) is 25.3. The zero-order valence-corrected chi connectivity index (χ0v) is 20.0. The Labute approximate surface area is 202 Å². The highest BCUT2D eigenvalue weighted by atomic mass is 32.1. The zero-order valence-electron chi connectivity index (χ0n) is 19.2. The third kappa shape index (κ3) is 5.21. The number of benzene rings is 2. The molecule has 0 spiro atoms. The first-order valence-electron chi connectivity index (χ1n) is 10.8. The van der Waals surface area contributed by atoms with E-state index < -0.39 is 11.7 Å². The highest BCUT2D eigenvalue weighted by Gasteiger charge is 2.30. The fourth-order valence-electron chi connectivity index (χ4n) is 3.46. The number of imidazole rings is 1. The number of hydrogen-bond acceptors (Lipinski definition) is 6. The summed E-state index contributed by atoms with van der Waals surface area (Å²) in [6.07, 6.45) is -4.21. The van der Waals surface area contributed by atoms with Gasteiger partial charge in [0.15, 0.2) is 5.13 Å². The number of rotatable bonds is 7. The molecule has 0 aliphatic carbocycles. The molecule has 4 aromatic rings. The van der Waals surface area contributed by atoms with E-state index in [0.717, 1.165) is 29.0 Å². The first kappa shape index (κ1) is 24.5. The SMILES string of the molecule is CCN(C)C(=O)CCNC(=O)c1ccc2c(c1)nc(Nc1nc3ccc(C(F)(F)F)cc3s1)n2C. The number of anilines is 2. The standard InChI is InChI=1S/C23H23F3N6O2S/c1-4-31(2)19(33)9-10-27-20(34)13-5-8-17-16(11-13)28-21(32(17)3)30-22-29-15-7-6-14(23(24,25)26)12-18(15)35-22/h5-8,11-12H,4,9-10H2,1-3H3,(H,27,34)(H,28,29,30). The maximum absolute atomic E-state index is 13.0. The van der Waals surface area contributed by atoms with E-state index in [1.807, 2.05) is 6.92 Å². The molecule has 8 nitrogen and oxygen atoms in total. The molecule has 0 unspecified atom stereocenters. The number of carbonyl (C=O) groups is 2. The second-order valence-electron chi connectivity index (χ2n) is 7.94. The fourth-order valence-corrected chi connectivity index (χ4v) is 4.35. The Hall–Kier alpha value is -3.67. The van der Waals surface area contributed by atoms with Crippen molar-refractivity contribution in [2.75, 3.05) is 25.5 Å². The van der Waals surface area contributed by atoms with Gasteiger partial charge in [0.25, 0.3) is 5.91 Å². The molecule has 0 fully saturated rings. The van der Waals surface area contributed by atoms with Crippen LogP contribution in [0.4, 0.5) is 24.3 Å². The summed E-state index contributed by atoms with van der Waals surface area (Å²) < 4.78 is 41.1. The Morgan fingerprint density at radius 3 is 2.60 bits per heavy atom. The molecule has 0 atom stereocenters. The number of nitrogens with one attached hydrogen (secondary N) is 2. The Balaban J connectivity index is 1.49. The lowest BCUT2D eigenvalue weighted by molar-refractivity contribution is -0.137. The number of thiazole rings is 1. The van der Waals surface area contributed by atoms with Gasteiger partial charge in [-0.15, -0.1) is 0 Å². The average molecular weight is 505 g/mol. The largest absolute Gasteiger partial charge is 0.416 e. The Bertz CT molecular complexity index is 1410. The van der Waals surface area contributed by atoms with Crippen molar-refractivity contribution in [2.45, 2.75) is 19.5 Å². The van der Waals surface area contributed by atoms with E-state index >= 15 is 0 Å². The van der Waals surface area contributed by atoms with Crippen LogP contribution >= 0.6 is 11.3 Å². The predicted octanol–water partition coefficient (Wildman–Crippen LogP) is 4.54. The minimum Gasteiger partial charge on any atom is -0.352 e. The van der Waals surface area contributed by atoms with Crippen molar-refractivity contribution in [1.29, 1.82) is 0 Å². The molecule has 184 valence electrons. The van der Waals surface area contributed by atoms with Crippen molar-refractivity contribution in [3.63, 3.8) is 0 Å². The van der Waals surface area contributed by atoms with E-state index in [-0.39, 0.29) is 24.8 Å². The number of carbonyl (C=O) groups excluding carboxylic acids is 2. The van der Waals surface area contributed by atoms with Crippen LogP contribution in [-0.2, 0) is 18.0 Å². The van der Waals surface area contributed by atoms with E-state index in [4.69, 9.17) is 0 Å². The van der Waals surface area contributed by atoms with Crippen LogP contribution in [0.1, 0.15) is 29.3 Å². The molecule has 0 aliphatic heterocycles. The number of alkyl halides is 3. The number of fused-ring (bicyclic) bond motifs is 2. The maximum Gasteiger partial charge on any atom is 0.416 e. The number of nitrogens with zero attached hydrogens (tertiary/aromatic N) is 4. The molecule has 4 rings (SSSR count). The van der Waals surface area contributed by atoms with Crippen molar-refractivity contribution < 1.29 is 22.8 Å². The highest BCUT2D eigenvalue weighted by molar-refractivity contribution is 7.22. The van der Waals surface area contributed by atoms with E-state index in [0.29, 0.717) is 38.9 Å². The third-order valence-electron chi connectivity index (χ3n) is 5.60. The Kier molecular flexibility index (Phi) is 6.66. The lowest BCUT2D eigenvalue weighted by Crippen LogP contribution is -2.31. The summed E-state index contributed by atoms with van der Waals surface area (Å²) in [5.41, 5.74) is 1.44. The van der Waals surface area contributed by atoms with Gasteiger partial charge in [-0.25, -0.2) is 9.97 Å². The molecule has 0 saturated carbocycles. The first-order valence-corrected chi connectivity index (χ1v) is 11.6. The van der Waals surface area contributed by atoms with Crippen molar-refractivity contribution >= 4 is 55.5 Å². The van der Waals surface area contributed by atoms with Crippen LogP contribution in [0.3, 0.4) is 0 Å². The normalized spacial score (nSPS) is 11.7. The molecule has 2 heterocycles. The Morgan fingerprint density at radius 2 is 1.89 bits per heavy atom. The summed E-state index contributed by atoms with van der Waals surface area (Å²) in [7, 11) is 3.49. The number of aryl methyl sites for hydroxylation is 1. The maximum atomic E-state index is 13.0. The predicted molar refractivity (Wildman–Crippen MR) is 129 cm³/mol. The van der Waals surface area contributed by atoms with Gasteiger partial charge in [0.2, 0.25) is 11.9 Å². The van der Waals surface area contributed by atoms with Crippen molar-refractivity contribution in [2.24, 2.45) is 7.05 Å². The fraction of sp³-hybridized carbons (Fsp3) is 0.304. The molecule has 2 aromatic carbocycles. The van der Waals surface area contributed by atoms with Crippen LogP contribution in [0.2, 0.25) is 0 Å². The molecular weight excluding hydrogens is 481 g/mol. The summed E-state index contributed by atoms with van der Waals surface area (Å²) in [6.45, 7) is 2.70. The summed E-state index contributed by atoms with van der Waals surface area (Å²) >= 11 is 1.09. The number of amides is 2. The summed E-state index contributed by atoms with van der Waals surface area (Å²) in [6, 6.07) is 8.49. The molecule has 12 heteroatoms. The van der Waals surface area contributed by atoms with Gasteiger partial charge in [0, 0.05) is 39.2 Å². The second kappa shape index (κ2) is 9.53. The molecule has 35 heavy (non-hydrogen) atoms. The van der Waals surface area contributed by atoms with Crippen LogP contribution in [0, 0.1) is 0 Å². The summed E-state index contributed by atoms with van der Waals surface area (Å²) in [4.78, 5) is 34.8. The van der Waals surface area contributed by atoms with Crippen LogP contribution in [0.5, 0.6) is 0 Å². The summed E-state index contributed by atoms with van der Waals surface area (Å²) in [5, 5.41) is 6.20. The molecule has 0 radical (unpaired) electrons. The average Bonchev–Trinajstić information content (AvgIpc) is 3.36. The molecule has 0 aliphatic rings. The molecule has 2 N–H and O–H groups in total. The second-order valence-corrected chi connectivity index (χ2v) is 8.97. The van der Waals surface area contributed by atoms with Crippen LogP contribution in [0.25, 0.3) is 21.3 Å². The first-order chi connectivity index (χ1) is 16.6. The number of hydrogen-bond donors (Lipinski definition) is 2. The van der Waals surface area contributed by atoms with E-state index in [2.05, 4.69) is 20.6 Å². The van der Waals surface area contributed by atoms with Gasteiger partial charge in [-0.2, -0.15) is 13.2 Å². The monoisotopic (exact) mass is 504 g/mol. The van der Waals surface area contributed by atoms with E-state index in [9.17, 15) is 22.8 Å². The van der Waals surface area contributed by atoms with Crippen molar-refractivity contribution in [3.8, 4) is 0 Å². The van der Waals surface area contributed by atoms with Gasteiger partial charge in [0.05, 0.1) is 26.8 Å². The van der Waals surface area contributed by atoms with Gasteiger partial charge in [-0.05, 0) is 43.3 Å². The Morgan fingerprint density at radius 1 is 1.11 bits per heavy atom. The molecule has 0 bridgehead atoms. The lowest BCUT2D eigenvalue weighted by Gasteiger charge is -2.14. The minimum atomic E-state index is -4.42. The topological polar surface area (TPSA) is 92.2 Å². The number of halogens is 3. The van der Waals surface area contributed by atoms with Crippen LogP contribution in [0.15, 0.2) is 36.4 Å². The van der Waals surface area contributed by atoms with Crippen molar-refractivity contribution in [1.82, 2.24) is 24.8 Å². The highest BCUT2D eigenvalue weighted by Crippen LogP contribution is 2.35. The van der Waals surface area contributed by atoms with E-state index in [1.54, 1.807) is 41.8 Å².